The highest BCUT2D eigenvalue weighted by Crippen LogP contribution is 2.39. The van der Waals surface area contributed by atoms with Crippen LogP contribution in [0.15, 0.2) is 49.2 Å². The average molecular weight is 621 g/mol. The van der Waals surface area contributed by atoms with Gasteiger partial charge >= 0.3 is 0 Å². The van der Waals surface area contributed by atoms with Crippen molar-refractivity contribution in [1.29, 1.82) is 0 Å². The zero-order chi connectivity index (χ0) is 23.6. The molecule has 1 fully saturated rings. The molecular formula is C23H22Br2Cl2N2O2S. The zero-order valence-electron chi connectivity index (χ0n) is 18.0. The number of aliphatic imine (C=N–C) groups is 1. The quantitative estimate of drug-likeness (QED) is 0.306. The first-order chi connectivity index (χ1) is 15.1. The van der Waals surface area contributed by atoms with Crippen molar-refractivity contribution >= 4 is 84.0 Å². The van der Waals surface area contributed by atoms with Crippen LogP contribution in [-0.2, 0) is 11.4 Å². The van der Waals surface area contributed by atoms with Crippen molar-refractivity contribution in [1.82, 2.24) is 4.90 Å². The summed E-state index contributed by atoms with van der Waals surface area (Å²) in [4.78, 5) is 20.0. The third kappa shape index (κ3) is 6.11. The molecule has 0 bridgehead atoms. The molecule has 1 aliphatic rings. The number of rotatable bonds is 6. The van der Waals surface area contributed by atoms with Crippen LogP contribution in [0.4, 0.5) is 0 Å². The van der Waals surface area contributed by atoms with Gasteiger partial charge in [-0.1, -0.05) is 29.3 Å². The van der Waals surface area contributed by atoms with Gasteiger partial charge in [-0.25, -0.2) is 0 Å². The van der Waals surface area contributed by atoms with Gasteiger partial charge in [0.05, 0.1) is 23.9 Å². The van der Waals surface area contributed by atoms with E-state index >= 15 is 0 Å². The van der Waals surface area contributed by atoms with E-state index in [9.17, 15) is 4.79 Å². The van der Waals surface area contributed by atoms with Gasteiger partial charge in [-0.2, -0.15) is 0 Å². The van der Waals surface area contributed by atoms with Gasteiger partial charge in [-0.05, 0) is 113 Å². The van der Waals surface area contributed by atoms with Crippen molar-refractivity contribution in [2.24, 2.45) is 4.99 Å². The standard InChI is InChI=1S/C23H22Br2Cl2N2O2S/c1-12(2)28-23-29(13(3)4)22(30)20(32-23)10-15-7-16(24)21(17(25)8-15)31-11-14-5-6-18(26)19(27)9-14/h5-10,12-13H,11H2,1-4H3/b20-10+,28-23?. The number of thioether (sulfide) groups is 1. The number of ether oxygens (including phenoxy) is 1. The van der Waals surface area contributed by atoms with Crippen LogP contribution in [0.5, 0.6) is 5.75 Å². The molecule has 0 N–H and O–H groups in total. The third-order valence-corrected chi connectivity index (χ3v) is 7.32. The molecule has 1 heterocycles. The Kier molecular flexibility index (Phi) is 8.78. The number of nitrogens with zero attached hydrogens (tertiary/aromatic N) is 2. The summed E-state index contributed by atoms with van der Waals surface area (Å²) < 4.78 is 7.53. The Morgan fingerprint density at radius 2 is 1.75 bits per heavy atom. The molecule has 4 nitrogen and oxygen atoms in total. The molecule has 0 spiro atoms. The fourth-order valence-corrected chi connectivity index (χ4v) is 5.99. The lowest BCUT2D eigenvalue weighted by Gasteiger charge is -2.20. The van der Waals surface area contributed by atoms with E-state index in [2.05, 4.69) is 36.9 Å². The number of amidine groups is 1. The number of carbonyl (C=O) groups excluding carboxylic acids is 1. The van der Waals surface area contributed by atoms with Crippen molar-refractivity contribution in [3.05, 3.63) is 65.4 Å². The number of amides is 1. The molecule has 1 aliphatic heterocycles. The van der Waals surface area contributed by atoms with Gasteiger partial charge in [0.1, 0.15) is 12.4 Å². The predicted octanol–water partition coefficient (Wildman–Crippen LogP) is 8.19. The summed E-state index contributed by atoms with van der Waals surface area (Å²) in [6, 6.07) is 9.39. The molecule has 9 heteroatoms. The van der Waals surface area contributed by atoms with E-state index in [-0.39, 0.29) is 18.0 Å². The van der Waals surface area contributed by atoms with Crippen LogP contribution in [0.3, 0.4) is 0 Å². The van der Waals surface area contributed by atoms with E-state index in [0.717, 1.165) is 25.2 Å². The normalized spacial score (nSPS) is 16.8. The van der Waals surface area contributed by atoms with Crippen LogP contribution >= 0.6 is 66.8 Å². The van der Waals surface area contributed by atoms with E-state index in [1.54, 1.807) is 17.0 Å². The molecule has 170 valence electrons. The van der Waals surface area contributed by atoms with Gasteiger partial charge in [-0.3, -0.25) is 14.7 Å². The minimum atomic E-state index is -0.0309. The lowest BCUT2D eigenvalue weighted by atomic mass is 10.2. The second kappa shape index (κ2) is 11.0. The molecule has 0 radical (unpaired) electrons. The van der Waals surface area contributed by atoms with Gasteiger partial charge in [-0.15, -0.1) is 0 Å². The molecule has 1 amide bonds. The van der Waals surface area contributed by atoms with Crippen molar-refractivity contribution in [2.45, 2.75) is 46.4 Å². The largest absolute Gasteiger partial charge is 0.487 e. The highest BCUT2D eigenvalue weighted by molar-refractivity contribution is 9.11. The third-order valence-electron chi connectivity index (χ3n) is 4.41. The van der Waals surface area contributed by atoms with Gasteiger partial charge in [0.15, 0.2) is 5.17 Å². The summed E-state index contributed by atoms with van der Waals surface area (Å²) in [7, 11) is 0. The summed E-state index contributed by atoms with van der Waals surface area (Å²) in [6.07, 6.45) is 1.88. The molecule has 0 saturated carbocycles. The molecular weight excluding hydrogens is 599 g/mol. The molecule has 32 heavy (non-hydrogen) atoms. The number of carbonyl (C=O) groups is 1. The first-order valence-electron chi connectivity index (χ1n) is 9.93. The maximum Gasteiger partial charge on any atom is 0.266 e. The van der Waals surface area contributed by atoms with Crippen molar-refractivity contribution in [3.63, 3.8) is 0 Å². The van der Waals surface area contributed by atoms with E-state index in [0.29, 0.717) is 27.3 Å². The molecule has 0 unspecified atom stereocenters. The lowest BCUT2D eigenvalue weighted by molar-refractivity contribution is -0.123. The molecule has 0 aromatic heterocycles. The molecule has 2 aromatic rings. The fourth-order valence-electron chi connectivity index (χ4n) is 2.99. The molecule has 0 atom stereocenters. The van der Waals surface area contributed by atoms with Crippen molar-refractivity contribution < 1.29 is 9.53 Å². The summed E-state index contributed by atoms with van der Waals surface area (Å²) >= 11 is 20.6. The fraction of sp³-hybridized carbons (Fsp3) is 0.304. The Morgan fingerprint density at radius 1 is 1.09 bits per heavy atom. The molecule has 2 aromatic carbocycles. The van der Waals surface area contributed by atoms with Crippen molar-refractivity contribution in [3.8, 4) is 5.75 Å². The monoisotopic (exact) mass is 618 g/mol. The highest BCUT2D eigenvalue weighted by Gasteiger charge is 2.35. The molecule has 0 aliphatic carbocycles. The summed E-state index contributed by atoms with van der Waals surface area (Å²) in [5, 5.41) is 1.74. The highest BCUT2D eigenvalue weighted by atomic mass is 79.9. The van der Waals surface area contributed by atoms with Crippen LogP contribution in [0.1, 0.15) is 38.8 Å². The van der Waals surface area contributed by atoms with E-state index < -0.39 is 0 Å². The number of hydrogen-bond donors (Lipinski definition) is 0. The zero-order valence-corrected chi connectivity index (χ0v) is 23.5. The SMILES string of the molecule is CC(C)N=C1S/C(=C/c2cc(Br)c(OCc3ccc(Cl)c(Cl)c3)c(Br)c2)C(=O)N1C(C)C. The summed E-state index contributed by atoms with van der Waals surface area (Å²) in [5.41, 5.74) is 1.78. The van der Waals surface area contributed by atoms with E-state index in [4.69, 9.17) is 27.9 Å². The number of benzene rings is 2. The van der Waals surface area contributed by atoms with E-state index in [1.807, 2.05) is 52.0 Å². The Bertz CT molecular complexity index is 1080. The van der Waals surface area contributed by atoms with Gasteiger partial charge in [0.2, 0.25) is 0 Å². The number of halogens is 4. The Hall–Kier alpha value is -0.990. The minimum absolute atomic E-state index is 0.0309. The second-order valence-corrected chi connectivity index (χ2v) is 11.3. The average Bonchev–Trinajstić information content (AvgIpc) is 2.98. The summed E-state index contributed by atoms with van der Waals surface area (Å²) in [5.74, 6) is 0.631. The van der Waals surface area contributed by atoms with Gasteiger partial charge in [0, 0.05) is 12.1 Å². The smallest absolute Gasteiger partial charge is 0.266 e. The Morgan fingerprint density at radius 3 is 2.31 bits per heavy atom. The Balaban J connectivity index is 1.83. The topological polar surface area (TPSA) is 41.9 Å². The number of hydrogen-bond acceptors (Lipinski definition) is 4. The van der Waals surface area contributed by atoms with Gasteiger partial charge < -0.3 is 4.74 Å². The van der Waals surface area contributed by atoms with Gasteiger partial charge in [0.25, 0.3) is 5.91 Å². The first-order valence-corrected chi connectivity index (χ1v) is 13.1. The van der Waals surface area contributed by atoms with Crippen LogP contribution in [0.25, 0.3) is 6.08 Å². The molecule has 1 saturated heterocycles. The first kappa shape index (κ1) is 25.6. The van der Waals surface area contributed by atoms with Crippen LogP contribution in [0, 0.1) is 0 Å². The second-order valence-electron chi connectivity index (χ2n) is 7.74. The Labute approximate surface area is 219 Å². The van der Waals surface area contributed by atoms with E-state index in [1.165, 1.54) is 11.8 Å². The maximum absolute atomic E-state index is 13.0. The molecule has 3 rings (SSSR count). The maximum atomic E-state index is 13.0. The van der Waals surface area contributed by atoms with Crippen LogP contribution in [0.2, 0.25) is 10.0 Å². The summed E-state index contributed by atoms with van der Waals surface area (Å²) in [6.45, 7) is 8.32. The minimum Gasteiger partial charge on any atom is -0.487 e. The lowest BCUT2D eigenvalue weighted by Crippen LogP contribution is -2.35. The van der Waals surface area contributed by atoms with Crippen LogP contribution < -0.4 is 4.74 Å². The van der Waals surface area contributed by atoms with Crippen LogP contribution in [-0.4, -0.2) is 28.1 Å². The predicted molar refractivity (Wildman–Crippen MR) is 143 cm³/mol. The van der Waals surface area contributed by atoms with Crippen molar-refractivity contribution in [2.75, 3.05) is 0 Å².